The number of hydrazone groups is 1. The monoisotopic (exact) mass is 371 g/mol. The molecule has 1 atom stereocenters. The predicted octanol–water partition coefficient (Wildman–Crippen LogP) is 2.41. The normalized spacial score (nSPS) is 18.3. The number of anilines is 1. The first-order valence-corrected chi connectivity index (χ1v) is 8.20. The van der Waals surface area contributed by atoms with Crippen molar-refractivity contribution in [1.29, 1.82) is 0 Å². The highest BCUT2D eigenvalue weighted by Gasteiger charge is 2.35. The van der Waals surface area contributed by atoms with Crippen LogP contribution in [0.2, 0.25) is 5.02 Å². The Bertz CT molecular complexity index is 928. The van der Waals surface area contributed by atoms with Crippen LogP contribution >= 0.6 is 11.6 Å². The maximum Gasteiger partial charge on any atom is 0.260 e. The zero-order valence-electron chi connectivity index (χ0n) is 13.5. The molecule has 132 valence electrons. The first-order chi connectivity index (χ1) is 12.7. The van der Waals surface area contributed by atoms with Crippen molar-refractivity contribution in [3.63, 3.8) is 0 Å². The van der Waals surface area contributed by atoms with Crippen LogP contribution < -0.4 is 20.2 Å². The summed E-state index contributed by atoms with van der Waals surface area (Å²) in [5, 5.41) is 7.14. The molecule has 0 radical (unpaired) electrons. The molecule has 26 heavy (non-hydrogen) atoms. The van der Waals surface area contributed by atoms with Crippen LogP contribution in [-0.2, 0) is 4.79 Å². The molecule has 2 aromatic rings. The molecule has 2 heterocycles. The summed E-state index contributed by atoms with van der Waals surface area (Å²) >= 11 is 6.06. The number of hydrogen-bond donors (Lipinski definition) is 1. The minimum Gasteiger partial charge on any atom is -0.486 e. The number of ether oxygens (including phenoxy) is 2. The van der Waals surface area contributed by atoms with Crippen molar-refractivity contribution in [2.45, 2.75) is 6.17 Å². The van der Waals surface area contributed by atoms with Crippen LogP contribution in [0.25, 0.3) is 0 Å². The molecular weight excluding hydrogens is 358 g/mol. The van der Waals surface area contributed by atoms with Crippen LogP contribution in [0.4, 0.5) is 5.69 Å². The Balaban J connectivity index is 1.74. The number of halogens is 1. The summed E-state index contributed by atoms with van der Waals surface area (Å²) in [5.41, 5.74) is 7.45. The zero-order valence-corrected chi connectivity index (χ0v) is 14.3. The number of aliphatic imine (C=N–C) groups is 1. The van der Waals surface area contributed by atoms with E-state index < -0.39 is 6.17 Å². The maximum absolute atomic E-state index is 11.0. The minimum absolute atomic E-state index is 0.172. The molecule has 0 saturated heterocycles. The van der Waals surface area contributed by atoms with E-state index in [0.29, 0.717) is 35.4 Å². The van der Waals surface area contributed by atoms with Gasteiger partial charge in [0.2, 0.25) is 5.96 Å². The van der Waals surface area contributed by atoms with E-state index in [1.807, 2.05) is 6.07 Å². The number of rotatable bonds is 3. The van der Waals surface area contributed by atoms with Gasteiger partial charge in [-0.1, -0.05) is 28.8 Å². The van der Waals surface area contributed by atoms with Crippen LogP contribution in [0.5, 0.6) is 11.5 Å². The lowest BCUT2D eigenvalue weighted by Crippen LogP contribution is -2.42. The van der Waals surface area contributed by atoms with E-state index in [4.69, 9.17) is 26.8 Å². The Kier molecular flexibility index (Phi) is 4.12. The average molecular weight is 372 g/mol. The Morgan fingerprint density at radius 2 is 2.00 bits per heavy atom. The van der Waals surface area contributed by atoms with Gasteiger partial charge in [0.25, 0.3) is 6.08 Å². The second-order valence-electron chi connectivity index (χ2n) is 5.57. The average Bonchev–Trinajstić information content (AvgIpc) is 2.98. The fourth-order valence-electron chi connectivity index (χ4n) is 2.87. The summed E-state index contributed by atoms with van der Waals surface area (Å²) in [6, 6.07) is 12.4. The number of hydrogen-bond acceptors (Lipinski definition) is 8. The lowest BCUT2D eigenvalue weighted by atomic mass is 10.1. The molecule has 2 N–H and O–H groups in total. The predicted molar refractivity (Wildman–Crippen MR) is 95.7 cm³/mol. The van der Waals surface area contributed by atoms with Gasteiger partial charge in [0, 0.05) is 10.6 Å². The highest BCUT2D eigenvalue weighted by atomic mass is 35.5. The minimum atomic E-state index is -0.647. The molecule has 0 fully saturated rings. The highest BCUT2D eigenvalue weighted by molar-refractivity contribution is 6.30. The van der Waals surface area contributed by atoms with Crippen molar-refractivity contribution >= 4 is 29.3 Å². The van der Waals surface area contributed by atoms with Gasteiger partial charge in [-0.3, -0.25) is 0 Å². The van der Waals surface area contributed by atoms with Crippen LogP contribution in [0, 0.1) is 0 Å². The summed E-state index contributed by atoms with van der Waals surface area (Å²) < 4.78 is 11.1. The van der Waals surface area contributed by atoms with Gasteiger partial charge in [0.15, 0.2) is 17.7 Å². The number of isocyanates is 1. The Morgan fingerprint density at radius 3 is 2.77 bits per heavy atom. The molecule has 0 saturated carbocycles. The summed E-state index contributed by atoms with van der Waals surface area (Å²) in [4.78, 5) is 15.4. The Labute approximate surface area is 154 Å². The third-order valence-corrected chi connectivity index (χ3v) is 4.19. The van der Waals surface area contributed by atoms with E-state index in [2.05, 4.69) is 10.1 Å². The van der Waals surface area contributed by atoms with Crippen molar-refractivity contribution < 1.29 is 14.3 Å². The van der Waals surface area contributed by atoms with Crippen LogP contribution in [0.1, 0.15) is 11.7 Å². The number of benzene rings is 2. The van der Waals surface area contributed by atoms with Gasteiger partial charge in [0.1, 0.15) is 13.2 Å². The molecule has 2 aliphatic rings. The Hall–Kier alpha value is -3.22. The first kappa shape index (κ1) is 16.3. The smallest absolute Gasteiger partial charge is 0.260 e. The molecule has 2 aliphatic heterocycles. The van der Waals surface area contributed by atoms with Crippen molar-refractivity contribution in [2.75, 3.05) is 18.2 Å². The fourth-order valence-corrected chi connectivity index (χ4v) is 3.06. The molecule has 9 heteroatoms. The van der Waals surface area contributed by atoms with Gasteiger partial charge in [-0.05, 0) is 30.3 Å². The maximum atomic E-state index is 11.0. The van der Waals surface area contributed by atoms with E-state index in [9.17, 15) is 4.79 Å². The number of fused-ring (bicyclic) bond motifs is 1. The third-order valence-electron chi connectivity index (χ3n) is 3.96. The van der Waals surface area contributed by atoms with Gasteiger partial charge in [-0.15, -0.1) is 0 Å². The van der Waals surface area contributed by atoms with Gasteiger partial charge < -0.3 is 15.2 Å². The summed E-state index contributed by atoms with van der Waals surface area (Å²) in [7, 11) is 0. The van der Waals surface area contributed by atoms with Gasteiger partial charge >= 0.3 is 0 Å². The summed E-state index contributed by atoms with van der Waals surface area (Å²) in [6.45, 7) is 0.975. The lowest BCUT2D eigenvalue weighted by Gasteiger charge is -2.29. The largest absolute Gasteiger partial charge is 0.486 e. The molecular formula is C17H14ClN5O3. The van der Waals surface area contributed by atoms with Crippen molar-refractivity contribution in [2.24, 2.45) is 15.8 Å². The second-order valence-corrected chi connectivity index (χ2v) is 6.00. The molecule has 0 bridgehead atoms. The van der Waals surface area contributed by atoms with Gasteiger partial charge in [-0.25, -0.2) is 14.8 Å². The van der Waals surface area contributed by atoms with Crippen LogP contribution in [0.3, 0.4) is 0 Å². The van der Waals surface area contributed by atoms with Crippen molar-refractivity contribution in [3.05, 3.63) is 53.1 Å². The molecule has 4 rings (SSSR count). The van der Waals surface area contributed by atoms with E-state index in [0.717, 1.165) is 5.56 Å². The molecule has 8 nitrogen and oxygen atoms in total. The summed E-state index contributed by atoms with van der Waals surface area (Å²) in [5.74, 6) is 1.44. The summed E-state index contributed by atoms with van der Waals surface area (Å²) in [6.07, 6.45) is 0.901. The number of nitrogens with zero attached hydrogens (tertiary/aromatic N) is 4. The Morgan fingerprint density at radius 1 is 1.19 bits per heavy atom. The second kappa shape index (κ2) is 6.59. The number of hydrazine groups is 1. The van der Waals surface area contributed by atoms with E-state index >= 15 is 0 Å². The van der Waals surface area contributed by atoms with Gasteiger partial charge in [0.05, 0.1) is 5.69 Å². The molecule has 0 amide bonds. The van der Waals surface area contributed by atoms with Gasteiger partial charge in [-0.2, -0.15) is 5.12 Å². The third kappa shape index (κ3) is 2.81. The van der Waals surface area contributed by atoms with Crippen LogP contribution in [-0.4, -0.2) is 30.4 Å². The SMILES string of the molecule is NC1=NC(c2ccc3c(c2)OCCO3)N(N=C=O)N1c1cccc(Cl)c1. The quantitative estimate of drug-likeness (QED) is 0.658. The van der Waals surface area contributed by atoms with E-state index in [1.165, 1.54) is 10.1 Å². The van der Waals surface area contributed by atoms with E-state index in [-0.39, 0.29) is 5.96 Å². The van der Waals surface area contributed by atoms with Crippen LogP contribution in [0.15, 0.2) is 52.6 Å². The van der Waals surface area contributed by atoms with Crippen molar-refractivity contribution in [1.82, 2.24) is 5.12 Å². The molecule has 0 spiro atoms. The fraction of sp³-hybridized carbons (Fsp3) is 0.176. The number of guanidine groups is 1. The molecule has 0 aromatic heterocycles. The van der Waals surface area contributed by atoms with Crippen molar-refractivity contribution in [3.8, 4) is 11.5 Å². The number of nitrogens with two attached hydrogens (primary N) is 1. The topological polar surface area (TPSA) is 92.7 Å². The number of carbonyl (C=O) groups excluding carboxylic acids is 1. The molecule has 0 aliphatic carbocycles. The molecule has 1 unspecified atom stereocenters. The standard InChI is InChI=1S/C17H14ClN5O3/c18-12-2-1-3-13(9-12)22-17(19)21-16(23(22)20-10-24)11-4-5-14-15(8-11)26-7-6-25-14/h1-5,8-9,16H,6-7H2,(H2,19,21). The zero-order chi connectivity index (χ0) is 18.1. The lowest BCUT2D eigenvalue weighted by molar-refractivity contribution is 0.170. The van der Waals surface area contributed by atoms with E-state index in [1.54, 1.807) is 42.5 Å². The highest BCUT2D eigenvalue weighted by Crippen LogP contribution is 2.38. The first-order valence-electron chi connectivity index (χ1n) is 7.83. The molecule has 2 aromatic carbocycles.